The average Bonchev–Trinajstić information content (AvgIpc) is 3.16. The highest BCUT2D eigenvalue weighted by atomic mass is 16.5. The monoisotopic (exact) mass is 335 g/mol. The standard InChI is InChI=1S/C18H17N5O2/c1-24-14-7-3-12(4-8-14)16-11-17(23-18(19-16)20-21-22-23)13-5-9-15(25-2)10-6-13/h3-11,17H,1-2H3,(H,19,20,22). The van der Waals surface area contributed by atoms with Gasteiger partial charge in [0.1, 0.15) is 17.5 Å². The van der Waals surface area contributed by atoms with Crippen LogP contribution in [0.25, 0.3) is 5.70 Å². The number of hydrogen-bond acceptors (Lipinski definition) is 6. The summed E-state index contributed by atoms with van der Waals surface area (Å²) in [4.78, 5) is 0. The number of nitrogens with one attached hydrogen (secondary N) is 1. The van der Waals surface area contributed by atoms with Gasteiger partial charge in [-0.1, -0.05) is 17.2 Å². The van der Waals surface area contributed by atoms with Crippen molar-refractivity contribution in [3.63, 3.8) is 0 Å². The van der Waals surface area contributed by atoms with E-state index in [1.807, 2.05) is 48.5 Å². The van der Waals surface area contributed by atoms with Crippen LogP contribution >= 0.6 is 0 Å². The smallest absolute Gasteiger partial charge is 0.248 e. The van der Waals surface area contributed by atoms with E-state index in [9.17, 15) is 0 Å². The molecule has 2 heterocycles. The van der Waals surface area contributed by atoms with Crippen LogP contribution < -0.4 is 14.8 Å². The Kier molecular flexibility index (Phi) is 3.81. The van der Waals surface area contributed by atoms with Gasteiger partial charge in [0, 0.05) is 5.70 Å². The molecule has 3 aromatic rings. The second-order valence-electron chi connectivity index (χ2n) is 5.60. The lowest BCUT2D eigenvalue weighted by atomic mass is 10.0. The van der Waals surface area contributed by atoms with E-state index >= 15 is 0 Å². The largest absolute Gasteiger partial charge is 0.497 e. The molecule has 0 amide bonds. The van der Waals surface area contributed by atoms with E-state index < -0.39 is 0 Å². The van der Waals surface area contributed by atoms with E-state index in [1.54, 1.807) is 18.9 Å². The maximum Gasteiger partial charge on any atom is 0.248 e. The second-order valence-corrected chi connectivity index (χ2v) is 5.60. The van der Waals surface area contributed by atoms with Crippen molar-refractivity contribution in [2.75, 3.05) is 19.5 Å². The summed E-state index contributed by atoms with van der Waals surface area (Å²) in [5.74, 6) is 2.24. The van der Waals surface area contributed by atoms with Gasteiger partial charge in [0.05, 0.1) is 14.2 Å². The zero-order chi connectivity index (χ0) is 17.2. The number of anilines is 1. The van der Waals surface area contributed by atoms with E-state index in [4.69, 9.17) is 9.47 Å². The number of aromatic nitrogens is 4. The number of methoxy groups -OCH3 is 2. The molecule has 25 heavy (non-hydrogen) atoms. The first kappa shape index (κ1) is 15.2. The van der Waals surface area contributed by atoms with Crippen LogP contribution in [0.3, 0.4) is 0 Å². The predicted octanol–water partition coefficient (Wildman–Crippen LogP) is 2.75. The first-order valence-corrected chi connectivity index (χ1v) is 7.83. The van der Waals surface area contributed by atoms with Crippen LogP contribution in [0.15, 0.2) is 54.6 Å². The fraction of sp³-hybridized carbons (Fsp3) is 0.167. The summed E-state index contributed by atoms with van der Waals surface area (Å²) in [6.45, 7) is 0. The third kappa shape index (κ3) is 2.80. The molecule has 0 fully saturated rings. The SMILES string of the molecule is COc1ccc(C2=CC(c3ccc(OC)cc3)n3nnnc3N2)cc1. The number of hydrogen-bond donors (Lipinski definition) is 1. The molecule has 0 spiro atoms. The summed E-state index contributed by atoms with van der Waals surface area (Å²) >= 11 is 0. The topological polar surface area (TPSA) is 74.1 Å². The van der Waals surface area contributed by atoms with Crippen LogP contribution in [0, 0.1) is 0 Å². The van der Waals surface area contributed by atoms with Gasteiger partial charge in [-0.05, 0) is 64.0 Å². The van der Waals surface area contributed by atoms with Crippen molar-refractivity contribution < 1.29 is 9.47 Å². The minimum atomic E-state index is -0.103. The highest BCUT2D eigenvalue weighted by molar-refractivity contribution is 5.77. The van der Waals surface area contributed by atoms with E-state index in [0.717, 1.165) is 28.3 Å². The van der Waals surface area contributed by atoms with Crippen molar-refractivity contribution in [3.8, 4) is 11.5 Å². The Hall–Kier alpha value is -3.35. The number of nitrogens with zero attached hydrogens (tertiary/aromatic N) is 4. The van der Waals surface area contributed by atoms with Crippen LogP contribution in [0.4, 0.5) is 5.95 Å². The third-order valence-corrected chi connectivity index (χ3v) is 4.19. The number of ether oxygens (including phenoxy) is 2. The van der Waals surface area contributed by atoms with E-state index in [2.05, 4.69) is 26.9 Å². The molecule has 126 valence electrons. The van der Waals surface area contributed by atoms with Crippen LogP contribution in [-0.2, 0) is 0 Å². The number of fused-ring (bicyclic) bond motifs is 1. The number of rotatable bonds is 4. The van der Waals surface area contributed by atoms with E-state index in [1.165, 1.54) is 0 Å². The van der Waals surface area contributed by atoms with Crippen molar-refractivity contribution in [1.29, 1.82) is 0 Å². The van der Waals surface area contributed by atoms with Crippen LogP contribution in [0.1, 0.15) is 17.2 Å². The molecule has 1 atom stereocenters. The molecule has 0 saturated heterocycles. The first-order chi connectivity index (χ1) is 12.3. The van der Waals surface area contributed by atoms with Gasteiger partial charge in [0.25, 0.3) is 0 Å². The number of allylic oxidation sites excluding steroid dienone is 1. The van der Waals surface area contributed by atoms with Gasteiger partial charge in [0.15, 0.2) is 0 Å². The van der Waals surface area contributed by atoms with Crippen LogP contribution in [0.5, 0.6) is 11.5 Å². The summed E-state index contributed by atoms with van der Waals surface area (Å²) in [6.07, 6.45) is 2.10. The Morgan fingerprint density at radius 3 is 2.20 bits per heavy atom. The van der Waals surface area contributed by atoms with Crippen molar-refractivity contribution in [2.45, 2.75) is 6.04 Å². The Balaban J connectivity index is 1.74. The van der Waals surface area contributed by atoms with E-state index in [0.29, 0.717) is 5.95 Å². The lowest BCUT2D eigenvalue weighted by molar-refractivity contribution is 0.414. The van der Waals surface area contributed by atoms with Crippen molar-refractivity contribution in [1.82, 2.24) is 20.2 Å². The molecule has 0 saturated carbocycles. The van der Waals surface area contributed by atoms with Gasteiger partial charge in [-0.3, -0.25) is 0 Å². The Morgan fingerprint density at radius 2 is 1.56 bits per heavy atom. The number of benzene rings is 2. The number of tetrazole rings is 1. The predicted molar refractivity (Wildman–Crippen MR) is 93.5 cm³/mol. The third-order valence-electron chi connectivity index (χ3n) is 4.19. The lowest BCUT2D eigenvalue weighted by Crippen LogP contribution is -2.20. The maximum atomic E-state index is 5.24. The van der Waals surface area contributed by atoms with Gasteiger partial charge in [-0.15, -0.1) is 0 Å². The molecule has 1 aromatic heterocycles. The molecular formula is C18H17N5O2. The Bertz CT molecular complexity index is 900. The normalized spacial score (nSPS) is 15.8. The molecule has 7 heteroatoms. The molecule has 0 radical (unpaired) electrons. The summed E-state index contributed by atoms with van der Waals surface area (Å²) in [7, 11) is 3.31. The lowest BCUT2D eigenvalue weighted by Gasteiger charge is -2.23. The summed E-state index contributed by atoms with van der Waals surface area (Å²) in [5.41, 5.74) is 3.06. The van der Waals surface area contributed by atoms with E-state index in [-0.39, 0.29) is 6.04 Å². The molecule has 7 nitrogen and oxygen atoms in total. The Labute approximate surface area is 144 Å². The molecule has 0 aliphatic carbocycles. The van der Waals surface area contributed by atoms with Gasteiger partial charge < -0.3 is 14.8 Å². The fourth-order valence-electron chi connectivity index (χ4n) is 2.83. The van der Waals surface area contributed by atoms with Gasteiger partial charge >= 0.3 is 0 Å². The zero-order valence-electron chi connectivity index (χ0n) is 13.9. The second kappa shape index (κ2) is 6.27. The van der Waals surface area contributed by atoms with Gasteiger partial charge in [0.2, 0.25) is 5.95 Å². The molecule has 0 bridgehead atoms. The summed E-state index contributed by atoms with van der Waals surface area (Å²) in [6, 6.07) is 15.7. The van der Waals surface area contributed by atoms with Crippen LogP contribution in [0.2, 0.25) is 0 Å². The van der Waals surface area contributed by atoms with Crippen molar-refractivity contribution in [2.24, 2.45) is 0 Å². The quantitative estimate of drug-likeness (QED) is 0.790. The maximum absolute atomic E-state index is 5.24. The summed E-state index contributed by atoms with van der Waals surface area (Å²) in [5, 5.41) is 15.3. The summed E-state index contributed by atoms with van der Waals surface area (Å²) < 4.78 is 12.2. The molecule has 1 aliphatic rings. The highest BCUT2D eigenvalue weighted by Crippen LogP contribution is 2.32. The van der Waals surface area contributed by atoms with Crippen LogP contribution in [-0.4, -0.2) is 34.4 Å². The first-order valence-electron chi connectivity index (χ1n) is 7.83. The fourth-order valence-corrected chi connectivity index (χ4v) is 2.83. The van der Waals surface area contributed by atoms with Crippen molar-refractivity contribution >= 4 is 11.6 Å². The van der Waals surface area contributed by atoms with Crippen molar-refractivity contribution in [3.05, 3.63) is 65.7 Å². The van der Waals surface area contributed by atoms with Gasteiger partial charge in [-0.25, -0.2) is 0 Å². The average molecular weight is 335 g/mol. The highest BCUT2D eigenvalue weighted by Gasteiger charge is 2.24. The molecule has 1 aliphatic heterocycles. The molecular weight excluding hydrogens is 318 g/mol. The zero-order valence-corrected chi connectivity index (χ0v) is 13.9. The molecule has 4 rings (SSSR count). The molecule has 1 N–H and O–H groups in total. The van der Waals surface area contributed by atoms with Gasteiger partial charge in [-0.2, -0.15) is 4.68 Å². The molecule has 1 unspecified atom stereocenters. The Morgan fingerprint density at radius 1 is 0.920 bits per heavy atom. The minimum absolute atomic E-state index is 0.103. The molecule has 2 aromatic carbocycles. The minimum Gasteiger partial charge on any atom is -0.497 e.